The largest absolute Gasteiger partial charge is 0.490 e. The second-order valence-corrected chi connectivity index (χ2v) is 7.70. The molecule has 0 bridgehead atoms. The molecule has 4 amide bonds. The highest BCUT2D eigenvalue weighted by Crippen LogP contribution is 2.35. The Morgan fingerprint density at radius 2 is 1.77 bits per heavy atom. The maximum absolute atomic E-state index is 12.5. The van der Waals surface area contributed by atoms with E-state index in [0.717, 1.165) is 38.6 Å². The number of carbonyl (C=O) groups excluding carboxylic acids is 3. The van der Waals surface area contributed by atoms with E-state index < -0.39 is 17.7 Å². The van der Waals surface area contributed by atoms with Gasteiger partial charge < -0.3 is 21.1 Å². The number of carboxylic acids is 1. The summed E-state index contributed by atoms with van der Waals surface area (Å²) in [5.41, 5.74) is 5.06. The zero-order valence-corrected chi connectivity index (χ0v) is 16.5. The van der Waals surface area contributed by atoms with Gasteiger partial charge in [-0.3, -0.25) is 14.5 Å². The van der Waals surface area contributed by atoms with E-state index in [1.165, 1.54) is 4.90 Å². The third-order valence-electron chi connectivity index (χ3n) is 5.71. The van der Waals surface area contributed by atoms with E-state index in [1.807, 2.05) is 4.90 Å². The van der Waals surface area contributed by atoms with Crippen LogP contribution in [0.2, 0.25) is 0 Å². The molecule has 1 atom stereocenters. The molecule has 30 heavy (non-hydrogen) atoms. The van der Waals surface area contributed by atoms with Gasteiger partial charge in [0.15, 0.2) is 0 Å². The predicted octanol–water partition coefficient (Wildman–Crippen LogP) is 1.21. The third kappa shape index (κ3) is 5.41. The molecule has 2 saturated heterocycles. The lowest BCUT2D eigenvalue weighted by atomic mass is 9.98. The number of hydrogen-bond acceptors (Lipinski definition) is 5. The minimum Gasteiger partial charge on any atom is -0.475 e. The number of nitrogens with two attached hydrogens (primary N) is 1. The summed E-state index contributed by atoms with van der Waals surface area (Å²) in [5, 5.41) is 9.97. The first kappa shape index (κ1) is 23.9. The lowest BCUT2D eigenvalue weighted by molar-refractivity contribution is -0.192. The molecule has 0 unspecified atom stereocenters. The molecule has 2 heterocycles. The van der Waals surface area contributed by atoms with Gasteiger partial charge in [0.1, 0.15) is 5.54 Å². The standard InChI is InChI=1S/C16H26N4O3.C2HF3O2/c17-11-12-5-1-4-9-19(12)13(21)6-10-20-14(22)16(18-15(20)23)7-2-3-8-16;3-2(4,5)1(6)7/h12H,1-11,17H2,(H,18,23);(H,6,7)/t12-;/m0./s1. The molecule has 0 radical (unpaired) electrons. The highest BCUT2D eigenvalue weighted by atomic mass is 19.4. The highest BCUT2D eigenvalue weighted by molar-refractivity contribution is 6.07. The van der Waals surface area contributed by atoms with Crippen molar-refractivity contribution in [2.24, 2.45) is 5.73 Å². The van der Waals surface area contributed by atoms with E-state index in [9.17, 15) is 27.6 Å². The van der Waals surface area contributed by atoms with Gasteiger partial charge in [0.05, 0.1) is 0 Å². The highest BCUT2D eigenvalue weighted by Gasteiger charge is 2.52. The van der Waals surface area contributed by atoms with Gasteiger partial charge in [-0.15, -0.1) is 0 Å². The summed E-state index contributed by atoms with van der Waals surface area (Å²) < 4.78 is 31.7. The Balaban J connectivity index is 0.000000396. The molecule has 3 rings (SSSR count). The van der Waals surface area contributed by atoms with Crippen molar-refractivity contribution >= 4 is 23.8 Å². The van der Waals surface area contributed by atoms with Crippen molar-refractivity contribution in [1.29, 1.82) is 0 Å². The number of hydrogen-bond donors (Lipinski definition) is 3. The Kier molecular flexibility index (Phi) is 7.67. The first-order valence-electron chi connectivity index (χ1n) is 9.95. The van der Waals surface area contributed by atoms with Gasteiger partial charge in [0, 0.05) is 32.1 Å². The number of nitrogens with zero attached hydrogens (tertiary/aromatic N) is 2. The Bertz CT molecular complexity index is 679. The van der Waals surface area contributed by atoms with Crippen molar-refractivity contribution in [1.82, 2.24) is 15.1 Å². The van der Waals surface area contributed by atoms with Crippen LogP contribution in [-0.4, -0.2) is 76.1 Å². The predicted molar refractivity (Wildman–Crippen MR) is 98.2 cm³/mol. The number of alkyl halides is 3. The summed E-state index contributed by atoms with van der Waals surface area (Å²) in [4.78, 5) is 49.1. The van der Waals surface area contributed by atoms with Crippen molar-refractivity contribution in [2.45, 2.75) is 69.1 Å². The average molecular weight is 436 g/mol. The Hall–Kier alpha value is -2.37. The third-order valence-corrected chi connectivity index (χ3v) is 5.71. The van der Waals surface area contributed by atoms with Crippen LogP contribution in [0.3, 0.4) is 0 Å². The minimum atomic E-state index is -5.08. The normalized spacial score (nSPS) is 23.3. The van der Waals surface area contributed by atoms with E-state index >= 15 is 0 Å². The maximum Gasteiger partial charge on any atom is 0.490 e. The molecule has 0 aromatic carbocycles. The lowest BCUT2D eigenvalue weighted by Gasteiger charge is -2.35. The number of aliphatic carboxylic acids is 1. The Morgan fingerprint density at radius 3 is 2.30 bits per heavy atom. The first-order valence-corrected chi connectivity index (χ1v) is 9.95. The van der Waals surface area contributed by atoms with Crippen LogP contribution in [0.4, 0.5) is 18.0 Å². The van der Waals surface area contributed by atoms with Crippen LogP contribution in [0.1, 0.15) is 51.4 Å². The molecule has 3 aliphatic rings. The molecular weight excluding hydrogens is 409 g/mol. The maximum atomic E-state index is 12.5. The fourth-order valence-electron chi connectivity index (χ4n) is 4.12. The van der Waals surface area contributed by atoms with Gasteiger partial charge >= 0.3 is 18.2 Å². The second kappa shape index (κ2) is 9.63. The van der Waals surface area contributed by atoms with Gasteiger partial charge in [-0.25, -0.2) is 9.59 Å². The molecule has 1 saturated carbocycles. The van der Waals surface area contributed by atoms with Crippen molar-refractivity contribution < 1.29 is 37.5 Å². The second-order valence-electron chi connectivity index (χ2n) is 7.70. The zero-order valence-electron chi connectivity index (χ0n) is 16.5. The number of carboxylic acid groups (broad SMARTS) is 1. The number of piperidine rings is 1. The molecule has 12 heteroatoms. The number of rotatable bonds is 4. The number of likely N-dealkylation sites (tertiary alicyclic amines) is 1. The number of halogens is 3. The molecule has 4 N–H and O–H groups in total. The fraction of sp³-hybridized carbons (Fsp3) is 0.778. The van der Waals surface area contributed by atoms with E-state index in [4.69, 9.17) is 15.6 Å². The van der Waals surface area contributed by atoms with Crippen LogP contribution in [0, 0.1) is 0 Å². The van der Waals surface area contributed by atoms with Crippen molar-refractivity contribution in [3.05, 3.63) is 0 Å². The summed E-state index contributed by atoms with van der Waals surface area (Å²) in [7, 11) is 0. The van der Waals surface area contributed by atoms with Gasteiger partial charge in [-0.2, -0.15) is 13.2 Å². The number of urea groups is 1. The van der Waals surface area contributed by atoms with E-state index in [-0.39, 0.29) is 36.9 Å². The number of carbonyl (C=O) groups is 4. The van der Waals surface area contributed by atoms with Crippen molar-refractivity contribution in [3.8, 4) is 0 Å². The van der Waals surface area contributed by atoms with Crippen LogP contribution in [0.15, 0.2) is 0 Å². The van der Waals surface area contributed by atoms with Crippen LogP contribution in [0.5, 0.6) is 0 Å². The van der Waals surface area contributed by atoms with Crippen molar-refractivity contribution in [3.63, 3.8) is 0 Å². The zero-order chi connectivity index (χ0) is 22.5. The van der Waals surface area contributed by atoms with E-state index in [2.05, 4.69) is 5.32 Å². The van der Waals surface area contributed by atoms with Gasteiger partial charge in [0.2, 0.25) is 5.91 Å². The molecular formula is C18H27F3N4O5. The number of imide groups is 1. The minimum absolute atomic E-state index is 0.00637. The smallest absolute Gasteiger partial charge is 0.475 e. The van der Waals surface area contributed by atoms with E-state index in [1.54, 1.807) is 0 Å². The quantitative estimate of drug-likeness (QED) is 0.568. The molecule has 1 aliphatic carbocycles. The molecule has 1 spiro atoms. The Morgan fingerprint density at radius 1 is 1.17 bits per heavy atom. The average Bonchev–Trinajstić information content (AvgIpc) is 3.25. The van der Waals surface area contributed by atoms with Crippen LogP contribution in [0.25, 0.3) is 0 Å². The summed E-state index contributed by atoms with van der Waals surface area (Å²) in [6, 6.07) is -0.251. The topological polar surface area (TPSA) is 133 Å². The van der Waals surface area contributed by atoms with Crippen LogP contribution < -0.4 is 11.1 Å². The first-order chi connectivity index (χ1) is 14.0. The summed E-state index contributed by atoms with van der Waals surface area (Å²) >= 11 is 0. The van der Waals surface area contributed by atoms with Crippen LogP contribution >= 0.6 is 0 Å². The lowest BCUT2D eigenvalue weighted by Crippen LogP contribution is -2.48. The Labute approximate surface area is 171 Å². The number of nitrogens with one attached hydrogen (secondary N) is 1. The molecule has 0 aromatic heterocycles. The molecule has 9 nitrogen and oxygen atoms in total. The van der Waals surface area contributed by atoms with Gasteiger partial charge in [0.25, 0.3) is 5.91 Å². The SMILES string of the molecule is NC[C@@H]1CCCCN1C(=O)CCN1C(=O)NC2(CCCC2)C1=O.O=C(O)C(F)(F)F. The molecule has 2 aliphatic heterocycles. The number of amides is 4. The van der Waals surface area contributed by atoms with Gasteiger partial charge in [-0.05, 0) is 32.1 Å². The molecule has 3 fully saturated rings. The fourth-order valence-corrected chi connectivity index (χ4v) is 4.12. The van der Waals surface area contributed by atoms with Gasteiger partial charge in [-0.1, -0.05) is 12.8 Å². The monoisotopic (exact) mass is 436 g/mol. The summed E-state index contributed by atoms with van der Waals surface area (Å²) in [5.74, 6) is -2.91. The summed E-state index contributed by atoms with van der Waals surface area (Å²) in [6.45, 7) is 1.36. The molecule has 0 aromatic rings. The van der Waals surface area contributed by atoms with Crippen LogP contribution in [-0.2, 0) is 14.4 Å². The van der Waals surface area contributed by atoms with E-state index in [0.29, 0.717) is 19.4 Å². The molecule has 170 valence electrons. The van der Waals surface area contributed by atoms with Crippen molar-refractivity contribution in [2.75, 3.05) is 19.6 Å². The summed E-state index contributed by atoms with van der Waals surface area (Å²) in [6.07, 6.45) is 1.48.